The zero-order valence-corrected chi connectivity index (χ0v) is 18.6. The van der Waals surface area contributed by atoms with E-state index in [0.717, 1.165) is 5.56 Å². The Labute approximate surface area is 192 Å². The maximum Gasteiger partial charge on any atom is 0.337 e. The summed E-state index contributed by atoms with van der Waals surface area (Å²) < 4.78 is 17.1. The van der Waals surface area contributed by atoms with Crippen molar-refractivity contribution >= 4 is 17.7 Å². The molecule has 172 valence electrons. The number of carbonyl (C=O) groups excluding carboxylic acids is 1. The Hall–Kier alpha value is -3.91. The number of carboxylic acid groups (broad SMARTS) is 1. The Morgan fingerprint density at radius 1 is 0.970 bits per heavy atom. The molecule has 0 bridgehead atoms. The van der Waals surface area contributed by atoms with Gasteiger partial charge in [0.05, 0.1) is 12.2 Å². The van der Waals surface area contributed by atoms with Gasteiger partial charge in [0.25, 0.3) is 5.91 Å². The molecule has 3 rings (SSSR count). The predicted octanol–water partition coefficient (Wildman–Crippen LogP) is 4.59. The molecule has 2 atom stereocenters. The van der Waals surface area contributed by atoms with E-state index >= 15 is 0 Å². The van der Waals surface area contributed by atoms with Crippen LogP contribution >= 0.6 is 0 Å². The van der Waals surface area contributed by atoms with E-state index in [1.165, 1.54) is 18.3 Å². The molecule has 0 spiro atoms. The summed E-state index contributed by atoms with van der Waals surface area (Å²) in [5.41, 5.74) is 1.32. The van der Waals surface area contributed by atoms with Crippen LogP contribution in [-0.2, 0) is 4.74 Å². The zero-order chi connectivity index (χ0) is 23.8. The van der Waals surface area contributed by atoms with Gasteiger partial charge in [-0.25, -0.2) is 9.78 Å². The molecule has 0 aliphatic carbocycles. The normalized spacial score (nSPS) is 12.5. The number of benzene rings is 2. The molecule has 33 heavy (non-hydrogen) atoms. The summed E-state index contributed by atoms with van der Waals surface area (Å²) in [4.78, 5) is 27.9. The van der Waals surface area contributed by atoms with Gasteiger partial charge in [-0.05, 0) is 43.7 Å². The van der Waals surface area contributed by atoms with Gasteiger partial charge in [0.1, 0.15) is 29.5 Å². The van der Waals surface area contributed by atoms with Crippen molar-refractivity contribution in [1.29, 1.82) is 0 Å². The zero-order valence-electron chi connectivity index (χ0n) is 18.6. The summed E-state index contributed by atoms with van der Waals surface area (Å²) in [5, 5.41) is 11.7. The van der Waals surface area contributed by atoms with E-state index in [9.17, 15) is 9.59 Å². The molecule has 1 amide bonds. The maximum absolute atomic E-state index is 12.9. The van der Waals surface area contributed by atoms with Crippen molar-refractivity contribution in [2.45, 2.75) is 26.1 Å². The number of nitrogens with zero attached hydrogens (tertiary/aromatic N) is 1. The highest BCUT2D eigenvalue weighted by Gasteiger charge is 2.15. The molecule has 0 saturated heterocycles. The molecule has 2 N–H and O–H groups in total. The molecule has 0 aliphatic rings. The quantitative estimate of drug-likeness (QED) is 0.465. The minimum absolute atomic E-state index is 0.0288. The molecule has 0 saturated carbocycles. The molecule has 0 aliphatic heterocycles. The summed E-state index contributed by atoms with van der Waals surface area (Å²) in [6, 6.07) is 17.5. The highest BCUT2D eigenvalue weighted by molar-refractivity contribution is 6.04. The number of aromatic nitrogens is 1. The predicted molar refractivity (Wildman–Crippen MR) is 123 cm³/mol. The fraction of sp³-hybridized carbons (Fsp3) is 0.240. The number of hydrogen-bond acceptors (Lipinski definition) is 6. The highest BCUT2D eigenvalue weighted by atomic mass is 16.5. The summed E-state index contributed by atoms with van der Waals surface area (Å²) in [5.74, 6) is -0.383. The van der Waals surface area contributed by atoms with Gasteiger partial charge in [0, 0.05) is 24.9 Å². The molecule has 0 radical (unpaired) electrons. The van der Waals surface area contributed by atoms with Gasteiger partial charge in [-0.1, -0.05) is 30.3 Å². The smallest absolute Gasteiger partial charge is 0.337 e. The van der Waals surface area contributed by atoms with Crippen LogP contribution in [0, 0.1) is 0 Å². The molecule has 1 aromatic heterocycles. The molecule has 0 fully saturated rings. The molecule has 8 nitrogen and oxygen atoms in total. The summed E-state index contributed by atoms with van der Waals surface area (Å²) in [7, 11) is 1.59. The van der Waals surface area contributed by atoms with Gasteiger partial charge in [0.2, 0.25) is 0 Å². The van der Waals surface area contributed by atoms with Crippen molar-refractivity contribution in [3.8, 4) is 11.5 Å². The van der Waals surface area contributed by atoms with Gasteiger partial charge < -0.3 is 24.6 Å². The summed E-state index contributed by atoms with van der Waals surface area (Å²) in [6.45, 7) is 4.16. The van der Waals surface area contributed by atoms with Crippen LogP contribution in [-0.4, -0.2) is 41.8 Å². The molecular formula is C25H26N2O6. The van der Waals surface area contributed by atoms with Crippen LogP contribution in [0.25, 0.3) is 0 Å². The monoisotopic (exact) mass is 450 g/mol. The van der Waals surface area contributed by atoms with E-state index in [2.05, 4.69) is 10.3 Å². The van der Waals surface area contributed by atoms with Crippen LogP contribution in [0.2, 0.25) is 0 Å². The minimum Gasteiger partial charge on any atom is -0.488 e. The third-order valence-corrected chi connectivity index (χ3v) is 4.71. The number of hydrogen-bond donors (Lipinski definition) is 2. The molecule has 8 heteroatoms. The average Bonchev–Trinajstić information content (AvgIpc) is 2.80. The first-order chi connectivity index (χ1) is 15.9. The van der Waals surface area contributed by atoms with Gasteiger partial charge in [-0.3, -0.25) is 4.79 Å². The van der Waals surface area contributed by atoms with E-state index in [0.29, 0.717) is 23.7 Å². The first kappa shape index (κ1) is 23.7. The number of pyridine rings is 1. The fourth-order valence-electron chi connectivity index (χ4n) is 3.12. The van der Waals surface area contributed by atoms with Crippen molar-refractivity contribution < 1.29 is 28.9 Å². The van der Waals surface area contributed by atoms with Crippen LogP contribution in [0.1, 0.15) is 46.2 Å². The van der Waals surface area contributed by atoms with Crippen molar-refractivity contribution in [3.05, 3.63) is 83.6 Å². The lowest BCUT2D eigenvalue weighted by molar-refractivity contribution is 0.0696. The summed E-state index contributed by atoms with van der Waals surface area (Å²) in [6.07, 6.45) is 0.692. The van der Waals surface area contributed by atoms with Crippen molar-refractivity contribution in [2.24, 2.45) is 0 Å². The van der Waals surface area contributed by atoms with E-state index in [1.54, 1.807) is 25.3 Å². The van der Waals surface area contributed by atoms with Crippen LogP contribution in [0.15, 0.2) is 66.9 Å². The molecule has 3 aromatic rings. The minimum atomic E-state index is -1.09. The largest absolute Gasteiger partial charge is 0.488 e. The van der Waals surface area contributed by atoms with Gasteiger partial charge >= 0.3 is 5.97 Å². The number of carbonyl (C=O) groups is 2. The number of aromatic carboxylic acids is 1. The van der Waals surface area contributed by atoms with Crippen LogP contribution in [0.4, 0.5) is 5.82 Å². The SMILES string of the molecule is COC[C@H](C)Oc1cc(O[C@@H](C)c2ccccc2)cc(C(=O)Nc2ccc(C(=O)O)cn2)c1. The van der Waals surface area contributed by atoms with E-state index < -0.39 is 11.9 Å². The topological polar surface area (TPSA) is 107 Å². The number of nitrogens with one attached hydrogen (secondary N) is 1. The number of methoxy groups -OCH3 is 1. The Morgan fingerprint density at radius 3 is 2.27 bits per heavy atom. The second kappa shape index (κ2) is 11.1. The molecule has 2 aromatic carbocycles. The third kappa shape index (κ3) is 6.78. The second-order valence-corrected chi connectivity index (χ2v) is 7.44. The van der Waals surface area contributed by atoms with Crippen molar-refractivity contribution in [2.75, 3.05) is 19.0 Å². The average molecular weight is 450 g/mol. The number of carboxylic acids is 1. The Morgan fingerprint density at radius 2 is 1.67 bits per heavy atom. The Bertz CT molecular complexity index is 1090. The maximum atomic E-state index is 12.9. The molecule has 1 heterocycles. The standard InChI is InChI=1S/C25H26N2O6/c1-16(15-31-3)32-21-11-20(24(28)27-23-10-9-19(14-26-23)25(29)30)12-22(13-21)33-17(2)18-7-5-4-6-8-18/h4-14,16-17H,15H2,1-3H3,(H,29,30)(H,26,27,28)/t16-,17-/m0/s1. The second-order valence-electron chi connectivity index (χ2n) is 7.44. The van der Waals surface area contributed by atoms with Gasteiger partial charge in [-0.15, -0.1) is 0 Å². The highest BCUT2D eigenvalue weighted by Crippen LogP contribution is 2.28. The number of ether oxygens (including phenoxy) is 3. The first-order valence-corrected chi connectivity index (χ1v) is 10.4. The Balaban J connectivity index is 1.84. The van der Waals surface area contributed by atoms with E-state index in [1.807, 2.05) is 44.2 Å². The first-order valence-electron chi connectivity index (χ1n) is 10.4. The number of rotatable bonds is 10. The molecular weight excluding hydrogens is 424 g/mol. The van der Waals surface area contributed by atoms with Crippen LogP contribution in [0.5, 0.6) is 11.5 Å². The van der Waals surface area contributed by atoms with Crippen LogP contribution < -0.4 is 14.8 Å². The summed E-state index contributed by atoms with van der Waals surface area (Å²) >= 11 is 0. The Kier molecular flexibility index (Phi) is 7.99. The third-order valence-electron chi connectivity index (χ3n) is 4.71. The number of anilines is 1. The van der Waals surface area contributed by atoms with Gasteiger partial charge in [-0.2, -0.15) is 0 Å². The van der Waals surface area contributed by atoms with E-state index in [4.69, 9.17) is 19.3 Å². The fourth-order valence-corrected chi connectivity index (χ4v) is 3.12. The lowest BCUT2D eigenvalue weighted by atomic mass is 10.1. The van der Waals surface area contributed by atoms with E-state index in [-0.39, 0.29) is 23.6 Å². The lowest BCUT2D eigenvalue weighted by Gasteiger charge is -2.19. The van der Waals surface area contributed by atoms with Crippen molar-refractivity contribution in [3.63, 3.8) is 0 Å². The molecule has 0 unspecified atom stereocenters. The van der Waals surface area contributed by atoms with Crippen molar-refractivity contribution in [1.82, 2.24) is 4.98 Å². The number of amides is 1. The van der Waals surface area contributed by atoms with Gasteiger partial charge in [0.15, 0.2) is 0 Å². The lowest BCUT2D eigenvalue weighted by Crippen LogP contribution is -2.19. The van der Waals surface area contributed by atoms with Crippen LogP contribution in [0.3, 0.4) is 0 Å².